The van der Waals surface area contributed by atoms with Gasteiger partial charge >= 0.3 is 5.97 Å². The van der Waals surface area contributed by atoms with Crippen LogP contribution in [-0.4, -0.2) is 36.8 Å². The van der Waals surface area contributed by atoms with Gasteiger partial charge in [0.05, 0.1) is 26.2 Å². The summed E-state index contributed by atoms with van der Waals surface area (Å²) in [6.45, 7) is 4.13. The van der Waals surface area contributed by atoms with Crippen LogP contribution in [-0.2, 0) is 9.53 Å². The first-order valence-electron chi connectivity index (χ1n) is 6.26. The Morgan fingerprint density at radius 1 is 1.35 bits per heavy atom. The normalized spacial score (nSPS) is 10.4. The summed E-state index contributed by atoms with van der Waals surface area (Å²) >= 11 is 0. The van der Waals surface area contributed by atoms with E-state index in [0.29, 0.717) is 12.3 Å². The van der Waals surface area contributed by atoms with E-state index in [2.05, 4.69) is 5.32 Å². The van der Waals surface area contributed by atoms with Crippen molar-refractivity contribution in [2.45, 2.75) is 26.4 Å². The molecule has 6 nitrogen and oxygen atoms in total. The summed E-state index contributed by atoms with van der Waals surface area (Å²) in [5, 5.41) is 11.6. The van der Waals surface area contributed by atoms with Crippen LogP contribution >= 0.6 is 0 Å². The average molecular weight is 281 g/mol. The maximum Gasteiger partial charge on any atom is 0.339 e. The number of methoxy groups -OCH3 is 1. The lowest BCUT2D eigenvalue weighted by molar-refractivity contribution is -0.117. The van der Waals surface area contributed by atoms with Crippen LogP contribution in [0.25, 0.3) is 0 Å². The molecule has 6 heteroatoms. The van der Waals surface area contributed by atoms with E-state index in [0.717, 1.165) is 0 Å². The molecule has 110 valence electrons. The third kappa shape index (κ3) is 4.89. The number of aromatic carboxylic acids is 1. The smallest absolute Gasteiger partial charge is 0.339 e. The van der Waals surface area contributed by atoms with Gasteiger partial charge in [-0.05, 0) is 26.0 Å². The second-order valence-electron chi connectivity index (χ2n) is 4.44. The van der Waals surface area contributed by atoms with Gasteiger partial charge in [0, 0.05) is 11.8 Å². The lowest BCUT2D eigenvalue weighted by Crippen LogP contribution is -2.16. The first kappa shape index (κ1) is 16.0. The van der Waals surface area contributed by atoms with Crippen molar-refractivity contribution in [3.63, 3.8) is 0 Å². The minimum Gasteiger partial charge on any atom is -0.496 e. The number of hydrogen-bond donors (Lipinski definition) is 2. The summed E-state index contributed by atoms with van der Waals surface area (Å²) in [6, 6.07) is 4.39. The highest BCUT2D eigenvalue weighted by Crippen LogP contribution is 2.23. The van der Waals surface area contributed by atoms with Crippen LogP contribution < -0.4 is 10.1 Å². The Morgan fingerprint density at radius 2 is 2.05 bits per heavy atom. The van der Waals surface area contributed by atoms with E-state index in [1.165, 1.54) is 25.3 Å². The quantitative estimate of drug-likeness (QED) is 0.800. The van der Waals surface area contributed by atoms with Gasteiger partial charge in [0.15, 0.2) is 0 Å². The standard InChI is InChI=1S/C14H19NO5/c1-9(2)20-7-6-13(16)15-10-4-5-11(14(17)18)12(8-10)19-3/h4-5,8-9H,6-7H2,1-3H3,(H,15,16)(H,17,18). The summed E-state index contributed by atoms with van der Waals surface area (Å²) in [5.74, 6) is -1.07. The van der Waals surface area contributed by atoms with E-state index in [1.807, 2.05) is 13.8 Å². The van der Waals surface area contributed by atoms with Crippen LogP contribution in [0.5, 0.6) is 5.75 Å². The molecule has 0 spiro atoms. The predicted molar refractivity (Wildman–Crippen MR) is 74.3 cm³/mol. The maximum absolute atomic E-state index is 11.7. The molecule has 0 fully saturated rings. The first-order valence-corrected chi connectivity index (χ1v) is 6.26. The molecular weight excluding hydrogens is 262 g/mol. The highest BCUT2D eigenvalue weighted by Gasteiger charge is 2.12. The molecule has 0 heterocycles. The van der Waals surface area contributed by atoms with E-state index < -0.39 is 5.97 Å². The van der Waals surface area contributed by atoms with Crippen molar-refractivity contribution in [3.8, 4) is 5.75 Å². The third-order valence-corrected chi connectivity index (χ3v) is 2.50. The highest BCUT2D eigenvalue weighted by atomic mass is 16.5. The molecule has 1 aromatic carbocycles. The zero-order valence-electron chi connectivity index (χ0n) is 11.8. The summed E-state index contributed by atoms with van der Waals surface area (Å²) in [4.78, 5) is 22.6. The fraction of sp³-hybridized carbons (Fsp3) is 0.429. The molecule has 0 saturated heterocycles. The van der Waals surface area contributed by atoms with Gasteiger partial charge in [0.1, 0.15) is 11.3 Å². The third-order valence-electron chi connectivity index (χ3n) is 2.50. The van der Waals surface area contributed by atoms with Gasteiger partial charge in [-0.25, -0.2) is 4.79 Å². The van der Waals surface area contributed by atoms with E-state index in [9.17, 15) is 9.59 Å². The number of anilines is 1. The van der Waals surface area contributed by atoms with Crippen molar-refractivity contribution in [1.29, 1.82) is 0 Å². The van der Waals surface area contributed by atoms with Crippen molar-refractivity contribution in [2.24, 2.45) is 0 Å². The van der Waals surface area contributed by atoms with Crippen molar-refractivity contribution in [2.75, 3.05) is 19.0 Å². The van der Waals surface area contributed by atoms with E-state index in [1.54, 1.807) is 0 Å². The largest absolute Gasteiger partial charge is 0.496 e. The number of nitrogens with one attached hydrogen (secondary N) is 1. The first-order chi connectivity index (χ1) is 9.43. The topological polar surface area (TPSA) is 84.9 Å². The van der Waals surface area contributed by atoms with Crippen LogP contribution in [0.15, 0.2) is 18.2 Å². The molecule has 1 rings (SSSR count). The molecule has 0 saturated carbocycles. The molecule has 20 heavy (non-hydrogen) atoms. The molecule has 0 bridgehead atoms. The number of amides is 1. The minimum absolute atomic E-state index is 0.0497. The maximum atomic E-state index is 11.7. The van der Waals surface area contributed by atoms with Crippen LogP contribution in [0, 0.1) is 0 Å². The summed E-state index contributed by atoms with van der Waals surface area (Å²) in [7, 11) is 1.38. The number of carbonyl (C=O) groups is 2. The Hall–Kier alpha value is -2.08. The molecule has 0 unspecified atom stereocenters. The Labute approximate surface area is 117 Å². The SMILES string of the molecule is COc1cc(NC(=O)CCOC(C)C)ccc1C(=O)O. The van der Waals surface area contributed by atoms with E-state index in [4.69, 9.17) is 14.6 Å². The number of rotatable bonds is 7. The average Bonchev–Trinajstić information content (AvgIpc) is 2.37. The fourth-order valence-corrected chi connectivity index (χ4v) is 1.56. The summed E-state index contributed by atoms with van der Waals surface area (Å²) in [6.07, 6.45) is 0.319. The zero-order valence-corrected chi connectivity index (χ0v) is 11.8. The van der Waals surface area contributed by atoms with Crippen molar-refractivity contribution in [1.82, 2.24) is 0 Å². The highest BCUT2D eigenvalue weighted by molar-refractivity contribution is 5.94. The summed E-state index contributed by atoms with van der Waals surface area (Å²) < 4.78 is 10.3. The van der Waals surface area contributed by atoms with Crippen LogP contribution in [0.3, 0.4) is 0 Å². The van der Waals surface area contributed by atoms with Gasteiger partial charge < -0.3 is 19.9 Å². The number of carbonyl (C=O) groups excluding carboxylic acids is 1. The molecule has 0 aromatic heterocycles. The molecule has 0 atom stereocenters. The number of benzene rings is 1. The predicted octanol–water partition coefficient (Wildman–Crippen LogP) is 2.15. The Kier molecular flexibility index (Phi) is 5.99. The number of carboxylic acid groups (broad SMARTS) is 1. The second kappa shape index (κ2) is 7.49. The molecule has 2 N–H and O–H groups in total. The number of hydrogen-bond acceptors (Lipinski definition) is 4. The second-order valence-corrected chi connectivity index (χ2v) is 4.44. The Balaban J connectivity index is 2.64. The van der Waals surface area contributed by atoms with Crippen molar-refractivity contribution in [3.05, 3.63) is 23.8 Å². The Bertz CT molecular complexity index is 484. The summed E-state index contributed by atoms with van der Waals surface area (Å²) in [5.41, 5.74) is 0.537. The molecule has 0 aliphatic rings. The van der Waals surface area contributed by atoms with Gasteiger partial charge in [-0.3, -0.25) is 4.79 Å². The fourth-order valence-electron chi connectivity index (χ4n) is 1.56. The van der Waals surface area contributed by atoms with Gasteiger partial charge in [-0.1, -0.05) is 0 Å². The molecule has 0 aliphatic heterocycles. The van der Waals surface area contributed by atoms with E-state index >= 15 is 0 Å². The monoisotopic (exact) mass is 281 g/mol. The van der Waals surface area contributed by atoms with Gasteiger partial charge in [-0.2, -0.15) is 0 Å². The molecule has 1 amide bonds. The number of carboxylic acids is 1. The van der Waals surface area contributed by atoms with Crippen molar-refractivity contribution < 1.29 is 24.2 Å². The van der Waals surface area contributed by atoms with Crippen LogP contribution in [0.1, 0.15) is 30.6 Å². The number of ether oxygens (including phenoxy) is 2. The molecule has 1 aromatic rings. The lowest BCUT2D eigenvalue weighted by Gasteiger charge is -2.10. The van der Waals surface area contributed by atoms with Gasteiger partial charge in [0.2, 0.25) is 5.91 Å². The van der Waals surface area contributed by atoms with Crippen LogP contribution in [0.4, 0.5) is 5.69 Å². The van der Waals surface area contributed by atoms with Crippen molar-refractivity contribution >= 4 is 17.6 Å². The van der Waals surface area contributed by atoms with Gasteiger partial charge in [-0.15, -0.1) is 0 Å². The molecular formula is C14H19NO5. The lowest BCUT2D eigenvalue weighted by atomic mass is 10.2. The molecule has 0 radical (unpaired) electrons. The molecule has 0 aliphatic carbocycles. The zero-order chi connectivity index (χ0) is 15.1. The van der Waals surface area contributed by atoms with E-state index in [-0.39, 0.29) is 29.7 Å². The van der Waals surface area contributed by atoms with Gasteiger partial charge in [0.25, 0.3) is 0 Å². The Morgan fingerprint density at radius 3 is 2.60 bits per heavy atom. The minimum atomic E-state index is -1.08. The van der Waals surface area contributed by atoms with Crippen LogP contribution in [0.2, 0.25) is 0 Å².